The number of rotatable bonds is 6. The van der Waals surface area contributed by atoms with Gasteiger partial charge in [0, 0.05) is 29.4 Å². The number of ether oxygens (including phenoxy) is 1. The van der Waals surface area contributed by atoms with Crippen LogP contribution in [0.2, 0.25) is 0 Å². The van der Waals surface area contributed by atoms with E-state index in [4.69, 9.17) is 4.74 Å². The Balaban J connectivity index is 1.27. The molecule has 0 unspecified atom stereocenters. The Bertz CT molecular complexity index is 1490. The van der Waals surface area contributed by atoms with E-state index in [0.29, 0.717) is 17.2 Å². The van der Waals surface area contributed by atoms with Gasteiger partial charge in [0.25, 0.3) is 5.56 Å². The average molecular weight is 534 g/mol. The second kappa shape index (κ2) is 10.9. The molecule has 4 aromatic rings. The Hall–Kier alpha value is -3.20. The number of hydrogen-bond acceptors (Lipinski definition) is 6. The largest absolute Gasteiger partial charge is 0.444 e. The molecule has 0 spiro atoms. The van der Waals surface area contributed by atoms with E-state index < -0.39 is 5.60 Å². The molecule has 3 N–H and O–H groups in total. The van der Waals surface area contributed by atoms with Crippen LogP contribution in [-0.4, -0.2) is 46.3 Å². The van der Waals surface area contributed by atoms with Crippen molar-refractivity contribution >= 4 is 38.4 Å². The van der Waals surface area contributed by atoms with Crippen molar-refractivity contribution in [2.45, 2.75) is 52.4 Å². The molecule has 2 aromatic heterocycles. The van der Waals surface area contributed by atoms with Gasteiger partial charge in [0.2, 0.25) is 0 Å². The molecule has 2 aromatic carbocycles. The third-order valence-corrected chi connectivity index (χ3v) is 8.05. The van der Waals surface area contributed by atoms with Crippen LogP contribution in [0.15, 0.2) is 52.6 Å². The van der Waals surface area contributed by atoms with Gasteiger partial charge in [-0.25, -0.2) is 4.79 Å². The zero-order chi connectivity index (χ0) is 26.9. The van der Waals surface area contributed by atoms with Crippen LogP contribution in [0.4, 0.5) is 4.79 Å². The number of benzene rings is 2. The number of carbonyl (C=O) groups excluding carboxylic acids is 1. The molecule has 1 amide bonds. The van der Waals surface area contributed by atoms with Crippen LogP contribution >= 0.6 is 11.3 Å². The monoisotopic (exact) mass is 533 g/mol. The zero-order valence-corrected chi connectivity index (χ0v) is 23.0. The fourth-order valence-corrected chi connectivity index (χ4v) is 6.07. The van der Waals surface area contributed by atoms with Crippen LogP contribution < -0.4 is 10.9 Å². The molecule has 3 heterocycles. The molecule has 0 aliphatic carbocycles. The number of aromatic nitrogens is 1. The first-order valence-electron chi connectivity index (χ1n) is 13.2. The molecule has 8 heteroatoms. The Labute approximate surface area is 226 Å². The highest BCUT2D eigenvalue weighted by Crippen LogP contribution is 2.37. The van der Waals surface area contributed by atoms with E-state index in [1.54, 1.807) is 0 Å². The number of amides is 1. The molecule has 7 nitrogen and oxygen atoms in total. The second-order valence-electron chi connectivity index (χ2n) is 11.1. The number of nitrogens with one attached hydrogen (secondary N) is 2. The minimum Gasteiger partial charge on any atom is -0.444 e. The number of likely N-dealkylation sites (tertiary alicyclic amines) is 1. The van der Waals surface area contributed by atoms with Gasteiger partial charge in [0.15, 0.2) is 0 Å². The lowest BCUT2D eigenvalue weighted by Crippen LogP contribution is -2.40. The standard InChI is InChI=1S/C30H35N3O4S/c1-30(2,3)37-29(36)31-16-19-10-13-33(14-11-19)17-20-4-6-21(7-5-20)25-22(18-34)8-9-24-26(25)23-12-15-38-27(23)28(35)32-24/h4-9,12,15,19,34H,10-11,13-14,16-18H2,1-3H3,(H,31,36)(H,32,35). The number of alkyl carbamates (subject to hydrolysis) is 1. The number of fused-ring (bicyclic) bond motifs is 3. The van der Waals surface area contributed by atoms with E-state index in [2.05, 4.69) is 39.5 Å². The average Bonchev–Trinajstić information content (AvgIpc) is 3.38. The third kappa shape index (κ3) is 5.77. The minimum absolute atomic E-state index is 0.0739. The molecule has 1 saturated heterocycles. The number of aliphatic hydroxyl groups is 1. The number of aliphatic hydroxyl groups excluding tert-OH is 1. The van der Waals surface area contributed by atoms with Crippen LogP contribution in [0.1, 0.15) is 44.7 Å². The smallest absolute Gasteiger partial charge is 0.407 e. The fraction of sp³-hybridized carbons (Fsp3) is 0.400. The van der Waals surface area contributed by atoms with Crippen molar-refractivity contribution in [3.05, 3.63) is 69.3 Å². The van der Waals surface area contributed by atoms with E-state index in [9.17, 15) is 14.7 Å². The SMILES string of the molecule is CC(C)(C)OC(=O)NCC1CCN(Cc2ccc(-c3c(CO)ccc4[nH]c(=O)c5sccc5c34)cc2)CC1. The van der Waals surface area contributed by atoms with Crippen molar-refractivity contribution in [2.24, 2.45) is 5.92 Å². The van der Waals surface area contributed by atoms with Crippen LogP contribution in [0.3, 0.4) is 0 Å². The fourth-order valence-electron chi connectivity index (χ4n) is 5.28. The van der Waals surface area contributed by atoms with Crippen LogP contribution in [-0.2, 0) is 17.9 Å². The van der Waals surface area contributed by atoms with Gasteiger partial charge in [0.05, 0.1) is 6.61 Å². The molecule has 0 radical (unpaired) electrons. The highest BCUT2D eigenvalue weighted by molar-refractivity contribution is 7.17. The Morgan fingerprint density at radius 1 is 1.13 bits per heavy atom. The summed E-state index contributed by atoms with van der Waals surface area (Å²) in [6.45, 7) is 9.04. The number of thiophene rings is 1. The summed E-state index contributed by atoms with van der Waals surface area (Å²) in [7, 11) is 0. The number of carbonyl (C=O) groups is 1. The Kier molecular flexibility index (Phi) is 7.56. The van der Waals surface area contributed by atoms with Crippen LogP contribution in [0, 0.1) is 5.92 Å². The van der Waals surface area contributed by atoms with Crippen molar-refractivity contribution in [2.75, 3.05) is 19.6 Å². The Morgan fingerprint density at radius 3 is 2.55 bits per heavy atom. The van der Waals surface area contributed by atoms with E-state index in [0.717, 1.165) is 65.5 Å². The third-order valence-electron chi connectivity index (χ3n) is 7.14. The molecule has 1 aliphatic rings. The topological polar surface area (TPSA) is 94.7 Å². The summed E-state index contributed by atoms with van der Waals surface area (Å²) in [4.78, 5) is 29.9. The number of H-pyrrole nitrogens is 1. The first-order chi connectivity index (χ1) is 18.2. The Morgan fingerprint density at radius 2 is 1.87 bits per heavy atom. The number of nitrogens with zero attached hydrogens (tertiary/aromatic N) is 1. The highest BCUT2D eigenvalue weighted by atomic mass is 32.1. The summed E-state index contributed by atoms with van der Waals surface area (Å²) >= 11 is 1.44. The molecular weight excluding hydrogens is 498 g/mol. The molecule has 5 rings (SSSR count). The number of aromatic amines is 1. The van der Waals surface area contributed by atoms with Gasteiger partial charge in [-0.2, -0.15) is 0 Å². The van der Waals surface area contributed by atoms with Crippen LogP contribution in [0.25, 0.3) is 32.1 Å². The lowest BCUT2D eigenvalue weighted by atomic mass is 9.93. The van der Waals surface area contributed by atoms with Crippen molar-refractivity contribution in [3.8, 4) is 11.1 Å². The molecule has 1 aliphatic heterocycles. The zero-order valence-electron chi connectivity index (χ0n) is 22.2. The van der Waals surface area contributed by atoms with E-state index >= 15 is 0 Å². The van der Waals surface area contributed by atoms with Gasteiger partial charge in [-0.05, 0) is 92.4 Å². The van der Waals surface area contributed by atoms with Gasteiger partial charge in [0.1, 0.15) is 10.3 Å². The summed E-state index contributed by atoms with van der Waals surface area (Å²) in [6, 6.07) is 14.3. The molecule has 0 bridgehead atoms. The molecule has 38 heavy (non-hydrogen) atoms. The number of pyridine rings is 1. The summed E-state index contributed by atoms with van der Waals surface area (Å²) in [6.07, 6.45) is 1.73. The first-order valence-corrected chi connectivity index (χ1v) is 14.0. The number of hydrogen-bond donors (Lipinski definition) is 3. The molecule has 0 saturated carbocycles. The maximum Gasteiger partial charge on any atom is 0.407 e. The van der Waals surface area contributed by atoms with E-state index in [-0.39, 0.29) is 18.3 Å². The van der Waals surface area contributed by atoms with Crippen molar-refractivity contribution < 1.29 is 14.6 Å². The molecule has 1 fully saturated rings. The van der Waals surface area contributed by atoms with Gasteiger partial charge >= 0.3 is 6.09 Å². The predicted octanol–water partition coefficient (Wildman–Crippen LogP) is 5.64. The van der Waals surface area contributed by atoms with Crippen molar-refractivity contribution in [1.82, 2.24) is 15.2 Å². The van der Waals surface area contributed by atoms with Gasteiger partial charge in [-0.1, -0.05) is 30.3 Å². The summed E-state index contributed by atoms with van der Waals surface area (Å²) in [5.41, 5.74) is 4.28. The predicted molar refractivity (Wildman–Crippen MR) is 154 cm³/mol. The summed E-state index contributed by atoms with van der Waals surface area (Å²) < 4.78 is 6.05. The van der Waals surface area contributed by atoms with Gasteiger partial charge < -0.3 is 20.1 Å². The normalized spacial score (nSPS) is 15.3. The summed E-state index contributed by atoms with van der Waals surface area (Å²) in [5, 5.41) is 16.9. The first kappa shape index (κ1) is 26.4. The van der Waals surface area contributed by atoms with Crippen molar-refractivity contribution in [1.29, 1.82) is 0 Å². The maximum atomic E-state index is 12.5. The van der Waals surface area contributed by atoms with Crippen LogP contribution in [0.5, 0.6) is 0 Å². The lowest BCUT2D eigenvalue weighted by molar-refractivity contribution is 0.0509. The lowest BCUT2D eigenvalue weighted by Gasteiger charge is -2.32. The quantitative estimate of drug-likeness (QED) is 0.298. The van der Waals surface area contributed by atoms with E-state index in [1.807, 2.05) is 44.4 Å². The molecule has 200 valence electrons. The highest BCUT2D eigenvalue weighted by Gasteiger charge is 2.22. The summed E-state index contributed by atoms with van der Waals surface area (Å²) in [5.74, 6) is 0.463. The van der Waals surface area contributed by atoms with Gasteiger partial charge in [-0.15, -0.1) is 11.3 Å². The number of piperidine rings is 1. The molecule has 0 atom stereocenters. The minimum atomic E-state index is -0.481. The maximum absolute atomic E-state index is 12.5. The van der Waals surface area contributed by atoms with E-state index in [1.165, 1.54) is 16.9 Å². The van der Waals surface area contributed by atoms with Gasteiger partial charge in [-0.3, -0.25) is 9.69 Å². The molecular formula is C30H35N3O4S. The second-order valence-corrected chi connectivity index (χ2v) is 12.0. The van der Waals surface area contributed by atoms with Crippen molar-refractivity contribution in [3.63, 3.8) is 0 Å².